The molecule has 6 rings (SSSR count). The molecule has 0 atom stereocenters. The third-order valence-corrected chi connectivity index (χ3v) is 8.83. The number of benzene rings is 4. The van der Waals surface area contributed by atoms with E-state index in [4.69, 9.17) is 4.74 Å². The molecule has 0 spiro atoms. The van der Waals surface area contributed by atoms with Crippen molar-refractivity contribution in [2.75, 3.05) is 18.2 Å². The second kappa shape index (κ2) is 13.7. The first-order valence-corrected chi connectivity index (χ1v) is 15.9. The fraction of sp³-hybridized carbons (Fsp3) is 0.162. The summed E-state index contributed by atoms with van der Waals surface area (Å²) in [5.41, 5.74) is 5.09. The molecular weight excluding hydrogens is 582 g/mol. The fourth-order valence-corrected chi connectivity index (χ4v) is 6.54. The average molecular weight is 616 g/mol. The van der Waals surface area contributed by atoms with Crippen LogP contribution in [0.15, 0.2) is 114 Å². The van der Waals surface area contributed by atoms with Gasteiger partial charge in [0, 0.05) is 32.8 Å². The Morgan fingerprint density at radius 3 is 2.47 bits per heavy atom. The minimum atomic E-state index is -0.492. The molecule has 2 amide bonds. The lowest BCUT2D eigenvalue weighted by Crippen LogP contribution is -2.30. The first-order valence-electron chi connectivity index (χ1n) is 14.9. The van der Waals surface area contributed by atoms with Gasteiger partial charge in [-0.15, -0.1) is 11.8 Å². The molecule has 1 aliphatic rings. The number of anilines is 1. The number of fused-ring (bicyclic) bond motifs is 3. The number of aryl methyl sites for hydroxylation is 1. The predicted octanol–water partition coefficient (Wildman–Crippen LogP) is 7.37. The molecule has 0 bridgehead atoms. The highest BCUT2D eigenvalue weighted by molar-refractivity contribution is 8.00. The summed E-state index contributed by atoms with van der Waals surface area (Å²) in [7, 11) is 1.55. The number of nitrogens with one attached hydrogen (secondary N) is 2. The summed E-state index contributed by atoms with van der Waals surface area (Å²) in [6.07, 6.45) is 5.74. The summed E-state index contributed by atoms with van der Waals surface area (Å²) >= 11 is 1.43. The quantitative estimate of drug-likeness (QED) is 0.134. The SMILES string of the molecule is COc1ccccc1/C=C(\NC(=O)c1ccccc1)C(=O)Nc1cccc(SCC(=O)n2c3c(c4ccccc42)CCCC3)c1. The Kier molecular flexibility index (Phi) is 9.12. The maximum Gasteiger partial charge on any atom is 0.272 e. The fourth-order valence-electron chi connectivity index (χ4n) is 5.74. The Morgan fingerprint density at radius 1 is 0.867 bits per heavy atom. The van der Waals surface area contributed by atoms with Crippen molar-refractivity contribution in [2.45, 2.75) is 30.6 Å². The van der Waals surface area contributed by atoms with Gasteiger partial charge in [-0.25, -0.2) is 0 Å². The molecule has 0 aliphatic heterocycles. The molecule has 45 heavy (non-hydrogen) atoms. The number of methoxy groups -OCH3 is 1. The van der Waals surface area contributed by atoms with Gasteiger partial charge in [-0.3, -0.25) is 19.0 Å². The van der Waals surface area contributed by atoms with Crippen LogP contribution < -0.4 is 15.4 Å². The number of rotatable bonds is 9. The lowest BCUT2D eigenvalue weighted by Gasteiger charge is -2.15. The predicted molar refractivity (Wildman–Crippen MR) is 180 cm³/mol. The third kappa shape index (κ3) is 6.71. The molecule has 2 N–H and O–H groups in total. The second-order valence-electron chi connectivity index (χ2n) is 10.8. The number of nitrogens with zero attached hydrogens (tertiary/aromatic N) is 1. The minimum absolute atomic E-state index is 0.0411. The number of aromatic nitrogens is 1. The summed E-state index contributed by atoms with van der Waals surface area (Å²) in [5.74, 6) is -0.0338. The van der Waals surface area contributed by atoms with Crippen LogP contribution in [-0.4, -0.2) is 35.2 Å². The molecule has 1 aliphatic carbocycles. The molecule has 5 aromatic rings. The zero-order valence-electron chi connectivity index (χ0n) is 24.9. The van der Waals surface area contributed by atoms with E-state index < -0.39 is 11.8 Å². The smallest absolute Gasteiger partial charge is 0.272 e. The molecule has 0 saturated carbocycles. The van der Waals surface area contributed by atoms with Gasteiger partial charge in [-0.2, -0.15) is 0 Å². The lowest BCUT2D eigenvalue weighted by molar-refractivity contribution is -0.113. The molecule has 0 saturated heterocycles. The van der Waals surface area contributed by atoms with Crippen LogP contribution >= 0.6 is 11.8 Å². The van der Waals surface area contributed by atoms with Crippen molar-refractivity contribution < 1.29 is 19.1 Å². The van der Waals surface area contributed by atoms with Crippen molar-refractivity contribution in [2.24, 2.45) is 0 Å². The van der Waals surface area contributed by atoms with E-state index in [1.54, 1.807) is 55.7 Å². The van der Waals surface area contributed by atoms with E-state index in [2.05, 4.69) is 16.7 Å². The number of hydrogen-bond acceptors (Lipinski definition) is 5. The Balaban J connectivity index is 1.20. The maximum absolute atomic E-state index is 13.6. The highest BCUT2D eigenvalue weighted by Gasteiger charge is 2.23. The minimum Gasteiger partial charge on any atom is -0.496 e. The molecule has 226 valence electrons. The van der Waals surface area contributed by atoms with Crippen LogP contribution in [0.25, 0.3) is 17.0 Å². The van der Waals surface area contributed by atoms with Gasteiger partial charge in [0.05, 0.1) is 18.4 Å². The van der Waals surface area contributed by atoms with Gasteiger partial charge in [0.1, 0.15) is 11.4 Å². The van der Waals surface area contributed by atoms with Gasteiger partial charge in [0.2, 0.25) is 5.91 Å². The van der Waals surface area contributed by atoms with Gasteiger partial charge in [-0.1, -0.05) is 60.7 Å². The summed E-state index contributed by atoms with van der Waals surface area (Å²) in [5, 5.41) is 6.85. The number of carbonyl (C=O) groups is 3. The normalized spacial score (nSPS) is 12.8. The second-order valence-corrected chi connectivity index (χ2v) is 11.8. The molecule has 0 fully saturated rings. The summed E-state index contributed by atoms with van der Waals surface area (Å²) in [6, 6.07) is 31.5. The van der Waals surface area contributed by atoms with Gasteiger partial charge in [0.25, 0.3) is 11.8 Å². The summed E-state index contributed by atoms with van der Waals surface area (Å²) in [4.78, 5) is 41.0. The van der Waals surface area contributed by atoms with E-state index in [0.717, 1.165) is 41.8 Å². The summed E-state index contributed by atoms with van der Waals surface area (Å²) in [6.45, 7) is 0. The largest absolute Gasteiger partial charge is 0.496 e. The van der Waals surface area contributed by atoms with E-state index in [9.17, 15) is 14.4 Å². The average Bonchev–Trinajstić information content (AvgIpc) is 3.42. The molecule has 1 aromatic heterocycles. The molecule has 0 radical (unpaired) electrons. The molecule has 8 heteroatoms. The Morgan fingerprint density at radius 2 is 1.62 bits per heavy atom. The van der Waals surface area contributed by atoms with Crippen LogP contribution in [0.1, 0.15) is 44.8 Å². The molecule has 4 aromatic carbocycles. The third-order valence-electron chi connectivity index (χ3n) is 7.85. The van der Waals surface area contributed by atoms with Crippen molar-refractivity contribution in [3.63, 3.8) is 0 Å². The number of amides is 2. The van der Waals surface area contributed by atoms with E-state index >= 15 is 0 Å². The number of para-hydroxylation sites is 2. The zero-order chi connectivity index (χ0) is 31.2. The number of hydrogen-bond donors (Lipinski definition) is 2. The standard InChI is InChI=1S/C37H33N3O4S/c1-44-34-21-10-5-14-26(34)22-31(39-36(42)25-12-3-2-4-13-25)37(43)38-27-15-11-16-28(23-27)45-24-35(41)40-32-19-8-6-17-29(32)30-18-7-9-20-33(30)40/h2-6,8,10-17,19,21-23H,7,9,18,20,24H2,1H3,(H,38,43)(H,39,42)/b31-22-. The molecule has 7 nitrogen and oxygen atoms in total. The van der Waals surface area contributed by atoms with Crippen LogP contribution in [-0.2, 0) is 17.6 Å². The Bertz CT molecular complexity index is 1910. The van der Waals surface area contributed by atoms with E-state index in [1.807, 2.05) is 59.2 Å². The van der Waals surface area contributed by atoms with Crippen LogP contribution in [0.5, 0.6) is 5.75 Å². The van der Waals surface area contributed by atoms with Crippen molar-refractivity contribution in [3.05, 3.63) is 131 Å². The van der Waals surface area contributed by atoms with Crippen molar-refractivity contribution in [1.29, 1.82) is 0 Å². The maximum atomic E-state index is 13.6. The van der Waals surface area contributed by atoms with Crippen LogP contribution in [0, 0.1) is 0 Å². The van der Waals surface area contributed by atoms with E-state index in [-0.39, 0.29) is 17.4 Å². The summed E-state index contributed by atoms with van der Waals surface area (Å²) < 4.78 is 7.37. The topological polar surface area (TPSA) is 89.4 Å². The van der Waals surface area contributed by atoms with Crippen LogP contribution in [0.4, 0.5) is 5.69 Å². The first-order chi connectivity index (χ1) is 22.0. The highest BCUT2D eigenvalue weighted by Crippen LogP contribution is 2.33. The van der Waals surface area contributed by atoms with Gasteiger partial charge in [-0.05, 0) is 79.8 Å². The van der Waals surface area contributed by atoms with E-state index in [0.29, 0.717) is 22.6 Å². The van der Waals surface area contributed by atoms with Gasteiger partial charge in [0.15, 0.2) is 0 Å². The number of thioether (sulfide) groups is 1. The van der Waals surface area contributed by atoms with Crippen molar-refractivity contribution in [3.8, 4) is 5.75 Å². The van der Waals surface area contributed by atoms with Crippen molar-refractivity contribution >= 4 is 52.1 Å². The molecular formula is C37H33N3O4S. The Hall–Kier alpha value is -5.08. The zero-order valence-corrected chi connectivity index (χ0v) is 25.7. The van der Waals surface area contributed by atoms with Gasteiger partial charge >= 0.3 is 0 Å². The number of ether oxygens (including phenoxy) is 1. The Labute approximate surface area is 266 Å². The monoisotopic (exact) mass is 615 g/mol. The number of carbonyl (C=O) groups excluding carboxylic acids is 3. The van der Waals surface area contributed by atoms with Gasteiger partial charge < -0.3 is 15.4 Å². The lowest BCUT2D eigenvalue weighted by atomic mass is 9.96. The first kappa shape index (κ1) is 30.0. The molecule has 1 heterocycles. The van der Waals surface area contributed by atoms with Crippen molar-refractivity contribution in [1.82, 2.24) is 9.88 Å². The highest BCUT2D eigenvalue weighted by atomic mass is 32.2. The molecule has 0 unspecified atom stereocenters. The van der Waals surface area contributed by atoms with Crippen LogP contribution in [0.3, 0.4) is 0 Å². The van der Waals surface area contributed by atoms with E-state index in [1.165, 1.54) is 22.7 Å². The van der Waals surface area contributed by atoms with Crippen LogP contribution in [0.2, 0.25) is 0 Å².